The van der Waals surface area contributed by atoms with Gasteiger partial charge in [0, 0.05) is 24.8 Å². The quantitative estimate of drug-likeness (QED) is 0.805. The maximum atomic E-state index is 12.3. The third kappa shape index (κ3) is 2.75. The van der Waals surface area contributed by atoms with Gasteiger partial charge in [-0.15, -0.1) is 0 Å². The predicted molar refractivity (Wildman–Crippen MR) is 66.0 cm³/mol. The minimum absolute atomic E-state index is 0.0238. The molecule has 0 aliphatic carbocycles. The van der Waals surface area contributed by atoms with E-state index in [4.69, 9.17) is 0 Å². The van der Waals surface area contributed by atoms with E-state index in [-0.39, 0.29) is 17.5 Å². The van der Waals surface area contributed by atoms with E-state index >= 15 is 0 Å². The molecule has 0 bridgehead atoms. The maximum Gasteiger partial charge on any atom is 0.255 e. The normalized spacial score (nSPS) is 21.0. The number of amides is 1. The molecule has 4 heteroatoms. The number of hydrogen-bond donors (Lipinski definition) is 1. The zero-order valence-electron chi connectivity index (χ0n) is 10.1. The summed E-state index contributed by atoms with van der Waals surface area (Å²) in [5, 5.41) is 0. The summed E-state index contributed by atoms with van der Waals surface area (Å²) in [6.45, 7) is 2.91. The van der Waals surface area contributed by atoms with Gasteiger partial charge in [-0.25, -0.2) is 0 Å². The van der Waals surface area contributed by atoms with E-state index < -0.39 is 0 Å². The van der Waals surface area contributed by atoms with Crippen LogP contribution in [-0.4, -0.2) is 28.4 Å². The van der Waals surface area contributed by atoms with Gasteiger partial charge in [0.05, 0.1) is 5.56 Å². The number of H-pyrrole nitrogens is 1. The third-order valence-electron chi connectivity index (χ3n) is 3.34. The Morgan fingerprint density at radius 3 is 2.88 bits per heavy atom. The van der Waals surface area contributed by atoms with E-state index in [0.29, 0.717) is 5.56 Å². The Hall–Kier alpha value is -1.58. The van der Waals surface area contributed by atoms with Gasteiger partial charge in [0.1, 0.15) is 0 Å². The molecule has 1 aliphatic heterocycles. The van der Waals surface area contributed by atoms with Gasteiger partial charge in [0.25, 0.3) is 5.91 Å². The van der Waals surface area contributed by atoms with Gasteiger partial charge >= 0.3 is 0 Å². The largest absolute Gasteiger partial charge is 0.336 e. The zero-order valence-corrected chi connectivity index (χ0v) is 10.1. The van der Waals surface area contributed by atoms with Crippen molar-refractivity contribution in [3.05, 3.63) is 34.2 Å². The summed E-state index contributed by atoms with van der Waals surface area (Å²) in [7, 11) is 0. The monoisotopic (exact) mass is 234 g/mol. The van der Waals surface area contributed by atoms with Crippen molar-refractivity contribution in [3.63, 3.8) is 0 Å². The van der Waals surface area contributed by atoms with Gasteiger partial charge in [0.15, 0.2) is 0 Å². The fourth-order valence-corrected chi connectivity index (χ4v) is 2.29. The van der Waals surface area contributed by atoms with Crippen LogP contribution in [0.3, 0.4) is 0 Å². The Kier molecular flexibility index (Phi) is 3.61. The van der Waals surface area contributed by atoms with Crippen molar-refractivity contribution in [1.82, 2.24) is 9.88 Å². The lowest BCUT2D eigenvalue weighted by atomic mass is 10.1. The topological polar surface area (TPSA) is 53.2 Å². The summed E-state index contributed by atoms with van der Waals surface area (Å²) in [5.41, 5.74) is 0.392. The molecule has 1 unspecified atom stereocenters. The molecule has 1 aromatic heterocycles. The Morgan fingerprint density at radius 1 is 1.35 bits per heavy atom. The van der Waals surface area contributed by atoms with Crippen molar-refractivity contribution >= 4 is 5.91 Å². The van der Waals surface area contributed by atoms with E-state index in [9.17, 15) is 9.59 Å². The maximum absolute atomic E-state index is 12.3. The van der Waals surface area contributed by atoms with Crippen LogP contribution in [0.2, 0.25) is 0 Å². The second-order valence-corrected chi connectivity index (χ2v) is 4.64. The molecule has 1 saturated heterocycles. The van der Waals surface area contributed by atoms with Crippen LogP contribution in [0.4, 0.5) is 0 Å². The molecule has 0 saturated carbocycles. The molecule has 4 nitrogen and oxygen atoms in total. The summed E-state index contributed by atoms with van der Waals surface area (Å²) < 4.78 is 0. The van der Waals surface area contributed by atoms with Crippen molar-refractivity contribution < 1.29 is 4.79 Å². The molecule has 0 aromatic carbocycles. The standard InChI is InChI=1S/C13H18N2O2/c1-10-5-3-2-4-8-15(10)13(17)11-6-7-12(16)14-9-11/h6-7,9-10H,2-5,8H2,1H3,(H,14,16). The first-order chi connectivity index (χ1) is 8.18. The fourth-order valence-electron chi connectivity index (χ4n) is 2.29. The highest BCUT2D eigenvalue weighted by molar-refractivity contribution is 5.94. The number of aromatic nitrogens is 1. The van der Waals surface area contributed by atoms with E-state index in [1.807, 2.05) is 4.90 Å². The number of likely N-dealkylation sites (tertiary alicyclic amines) is 1. The van der Waals surface area contributed by atoms with E-state index in [1.54, 1.807) is 6.07 Å². The number of aromatic amines is 1. The minimum atomic E-state index is -0.175. The number of carbonyl (C=O) groups excluding carboxylic acids is 1. The molecule has 1 aromatic rings. The lowest BCUT2D eigenvalue weighted by Crippen LogP contribution is -2.38. The van der Waals surface area contributed by atoms with Crippen LogP contribution in [-0.2, 0) is 0 Å². The van der Waals surface area contributed by atoms with Crippen LogP contribution in [0.15, 0.2) is 23.1 Å². The first kappa shape index (κ1) is 11.9. The number of carbonyl (C=O) groups is 1. The van der Waals surface area contributed by atoms with Gasteiger partial charge in [-0.2, -0.15) is 0 Å². The Morgan fingerprint density at radius 2 is 2.18 bits per heavy atom. The Balaban J connectivity index is 2.17. The van der Waals surface area contributed by atoms with Gasteiger partial charge in [0.2, 0.25) is 5.56 Å². The first-order valence-electron chi connectivity index (χ1n) is 6.18. The molecule has 2 heterocycles. The molecule has 2 rings (SSSR count). The van der Waals surface area contributed by atoms with E-state index in [0.717, 1.165) is 19.4 Å². The zero-order chi connectivity index (χ0) is 12.3. The van der Waals surface area contributed by atoms with Crippen molar-refractivity contribution in [1.29, 1.82) is 0 Å². The molecular weight excluding hydrogens is 216 g/mol. The number of pyridine rings is 1. The van der Waals surface area contributed by atoms with E-state index in [1.165, 1.54) is 25.1 Å². The summed E-state index contributed by atoms with van der Waals surface area (Å²) in [6.07, 6.45) is 6.02. The number of rotatable bonds is 1. The van der Waals surface area contributed by atoms with Crippen LogP contribution < -0.4 is 5.56 Å². The Bertz CT molecular complexity index is 432. The first-order valence-corrected chi connectivity index (χ1v) is 6.18. The Labute approximate surface area is 101 Å². The summed E-state index contributed by atoms with van der Waals surface area (Å²) in [4.78, 5) is 27.7. The number of hydrogen-bond acceptors (Lipinski definition) is 2. The molecule has 1 N–H and O–H groups in total. The van der Waals surface area contributed by atoms with Crippen molar-refractivity contribution in [2.24, 2.45) is 0 Å². The molecule has 92 valence electrons. The molecule has 17 heavy (non-hydrogen) atoms. The molecule has 0 radical (unpaired) electrons. The predicted octanol–water partition coefficient (Wildman–Crippen LogP) is 1.78. The highest BCUT2D eigenvalue weighted by Crippen LogP contribution is 2.18. The summed E-state index contributed by atoms with van der Waals surface area (Å²) in [6, 6.07) is 3.28. The molecule has 0 spiro atoms. The summed E-state index contributed by atoms with van der Waals surface area (Å²) >= 11 is 0. The molecule has 1 amide bonds. The molecule has 1 fully saturated rings. The SMILES string of the molecule is CC1CCCCCN1C(=O)c1ccc(=O)[nH]c1. The smallest absolute Gasteiger partial charge is 0.255 e. The van der Waals surface area contributed by atoms with Crippen LogP contribution in [0.5, 0.6) is 0 Å². The lowest BCUT2D eigenvalue weighted by Gasteiger charge is -2.27. The lowest BCUT2D eigenvalue weighted by molar-refractivity contribution is 0.0697. The number of nitrogens with one attached hydrogen (secondary N) is 1. The molecule has 1 aliphatic rings. The highest BCUT2D eigenvalue weighted by Gasteiger charge is 2.22. The van der Waals surface area contributed by atoms with Crippen molar-refractivity contribution in [2.45, 2.75) is 38.6 Å². The van der Waals surface area contributed by atoms with Crippen LogP contribution >= 0.6 is 0 Å². The van der Waals surface area contributed by atoms with Crippen molar-refractivity contribution in [3.8, 4) is 0 Å². The molecular formula is C13H18N2O2. The van der Waals surface area contributed by atoms with Gasteiger partial charge < -0.3 is 9.88 Å². The number of nitrogens with zero attached hydrogens (tertiary/aromatic N) is 1. The third-order valence-corrected chi connectivity index (χ3v) is 3.34. The average Bonchev–Trinajstić information content (AvgIpc) is 2.54. The minimum Gasteiger partial charge on any atom is -0.336 e. The summed E-state index contributed by atoms with van der Waals surface area (Å²) in [5.74, 6) is 0.0238. The highest BCUT2D eigenvalue weighted by atomic mass is 16.2. The van der Waals surface area contributed by atoms with Gasteiger partial charge in [-0.3, -0.25) is 9.59 Å². The van der Waals surface area contributed by atoms with Crippen LogP contribution in [0, 0.1) is 0 Å². The van der Waals surface area contributed by atoms with E-state index in [2.05, 4.69) is 11.9 Å². The molecule has 1 atom stereocenters. The fraction of sp³-hybridized carbons (Fsp3) is 0.538. The van der Waals surface area contributed by atoms with Crippen LogP contribution in [0.25, 0.3) is 0 Å². The second-order valence-electron chi connectivity index (χ2n) is 4.64. The van der Waals surface area contributed by atoms with Crippen LogP contribution in [0.1, 0.15) is 43.0 Å². The van der Waals surface area contributed by atoms with Gasteiger partial charge in [-0.05, 0) is 25.8 Å². The average molecular weight is 234 g/mol. The van der Waals surface area contributed by atoms with Gasteiger partial charge in [-0.1, -0.05) is 12.8 Å². The van der Waals surface area contributed by atoms with Crippen molar-refractivity contribution in [2.75, 3.05) is 6.54 Å². The second kappa shape index (κ2) is 5.17.